The molecule has 5 aliphatic rings. The molecule has 0 radical (unpaired) electrons. The van der Waals surface area contributed by atoms with Gasteiger partial charge in [-0.3, -0.25) is 4.90 Å². The average Bonchev–Trinajstić information content (AvgIpc) is 3.24. The maximum Gasteiger partial charge on any atom is 0.332 e. The van der Waals surface area contributed by atoms with Gasteiger partial charge in [0, 0.05) is 35.6 Å². The molecule has 3 heterocycles. The fourth-order valence-electron chi connectivity index (χ4n) is 5.42. The molecule has 3 atom stereocenters. The van der Waals surface area contributed by atoms with Crippen molar-refractivity contribution in [2.45, 2.75) is 69.1 Å². The van der Waals surface area contributed by atoms with E-state index in [0.29, 0.717) is 18.0 Å². The first-order valence-corrected chi connectivity index (χ1v) is 9.21. The van der Waals surface area contributed by atoms with E-state index < -0.39 is 5.60 Å². The molecule has 5 rings (SSSR count). The minimum atomic E-state index is -0.392. The van der Waals surface area contributed by atoms with Crippen molar-refractivity contribution in [3.05, 3.63) is 23.3 Å². The molecule has 2 saturated heterocycles. The second kappa shape index (κ2) is 4.98. The first-order chi connectivity index (χ1) is 11.3. The van der Waals surface area contributed by atoms with Crippen LogP contribution in [0, 0.1) is 17.8 Å². The topological polar surface area (TPSA) is 29.5 Å². The quantitative estimate of drug-likeness (QED) is 0.509. The fraction of sp³-hybridized carbons (Fsp3) is 0.650. The van der Waals surface area contributed by atoms with Crippen molar-refractivity contribution in [2.75, 3.05) is 6.54 Å². The number of carbonyl (C=O) groups excluding carboxylic acids is 1. The maximum absolute atomic E-state index is 12.1. The summed E-state index contributed by atoms with van der Waals surface area (Å²) in [5.74, 6) is 7.31. The Morgan fingerprint density at radius 3 is 2.87 bits per heavy atom. The zero-order chi connectivity index (χ0) is 15.4. The van der Waals surface area contributed by atoms with E-state index >= 15 is 0 Å². The second-order valence-corrected chi connectivity index (χ2v) is 7.72. The monoisotopic (exact) mass is 309 g/mol. The van der Waals surface area contributed by atoms with E-state index in [-0.39, 0.29) is 5.97 Å². The number of ether oxygens (including phenoxy) is 1. The van der Waals surface area contributed by atoms with E-state index in [2.05, 4.69) is 22.8 Å². The third-order valence-corrected chi connectivity index (χ3v) is 6.44. The Morgan fingerprint density at radius 1 is 1.17 bits per heavy atom. The Hall–Kier alpha value is -1.53. The van der Waals surface area contributed by atoms with E-state index in [1.807, 2.05) is 0 Å². The number of rotatable bonds is 0. The van der Waals surface area contributed by atoms with Crippen LogP contribution in [0.4, 0.5) is 0 Å². The number of fused-ring (bicyclic) bond motifs is 3. The molecule has 3 fully saturated rings. The summed E-state index contributed by atoms with van der Waals surface area (Å²) in [6, 6.07) is 0.761. The van der Waals surface area contributed by atoms with Crippen LogP contribution in [0.15, 0.2) is 23.3 Å². The molecule has 1 spiro atoms. The summed E-state index contributed by atoms with van der Waals surface area (Å²) in [7, 11) is 0. The van der Waals surface area contributed by atoms with Gasteiger partial charge in [0.1, 0.15) is 0 Å². The van der Waals surface area contributed by atoms with Gasteiger partial charge in [0.2, 0.25) is 0 Å². The lowest BCUT2D eigenvalue weighted by atomic mass is 9.77. The second-order valence-electron chi connectivity index (χ2n) is 7.72. The predicted molar refractivity (Wildman–Crippen MR) is 87.5 cm³/mol. The predicted octanol–water partition coefficient (Wildman–Crippen LogP) is 2.97. The number of nitrogens with zero attached hydrogens (tertiary/aromatic N) is 1. The summed E-state index contributed by atoms with van der Waals surface area (Å²) >= 11 is 0. The van der Waals surface area contributed by atoms with E-state index in [0.717, 1.165) is 30.5 Å². The molecule has 0 aromatic rings. The minimum absolute atomic E-state index is 0.165. The molecule has 3 heteroatoms. The van der Waals surface area contributed by atoms with Crippen molar-refractivity contribution >= 4 is 5.97 Å². The van der Waals surface area contributed by atoms with Crippen molar-refractivity contribution in [3.8, 4) is 11.8 Å². The third-order valence-electron chi connectivity index (χ3n) is 6.44. The molecule has 120 valence electrons. The van der Waals surface area contributed by atoms with Crippen LogP contribution in [0.5, 0.6) is 0 Å². The zero-order valence-electron chi connectivity index (χ0n) is 13.5. The van der Waals surface area contributed by atoms with Gasteiger partial charge in [-0.15, -0.1) is 0 Å². The fourth-order valence-corrected chi connectivity index (χ4v) is 5.42. The molecule has 3 nitrogen and oxygen atoms in total. The van der Waals surface area contributed by atoms with Crippen LogP contribution < -0.4 is 0 Å². The molecule has 3 unspecified atom stereocenters. The van der Waals surface area contributed by atoms with Crippen LogP contribution in [0.2, 0.25) is 0 Å². The molecule has 2 bridgehead atoms. The Kier molecular flexibility index (Phi) is 3.00. The highest BCUT2D eigenvalue weighted by molar-refractivity contribution is 5.90. The molecule has 0 aromatic heterocycles. The molecule has 0 amide bonds. The zero-order valence-corrected chi connectivity index (χ0v) is 13.5. The smallest absolute Gasteiger partial charge is 0.332 e. The van der Waals surface area contributed by atoms with Crippen LogP contribution in [-0.4, -0.2) is 35.1 Å². The van der Waals surface area contributed by atoms with Gasteiger partial charge in [-0.05, 0) is 32.2 Å². The van der Waals surface area contributed by atoms with Crippen molar-refractivity contribution in [1.29, 1.82) is 0 Å². The van der Waals surface area contributed by atoms with Gasteiger partial charge in [-0.1, -0.05) is 37.2 Å². The highest BCUT2D eigenvalue weighted by Crippen LogP contribution is 2.53. The Balaban J connectivity index is 1.54. The lowest BCUT2D eigenvalue weighted by Crippen LogP contribution is -2.48. The summed E-state index contributed by atoms with van der Waals surface area (Å²) in [6.07, 6.45) is 13.7. The van der Waals surface area contributed by atoms with E-state index in [1.54, 1.807) is 6.08 Å². The van der Waals surface area contributed by atoms with Gasteiger partial charge in [0.15, 0.2) is 5.60 Å². The number of esters is 1. The van der Waals surface area contributed by atoms with E-state index in [9.17, 15) is 4.79 Å². The summed E-state index contributed by atoms with van der Waals surface area (Å²) in [5, 5.41) is 0. The van der Waals surface area contributed by atoms with Crippen LogP contribution in [0.3, 0.4) is 0 Å². The number of piperidine rings is 1. The van der Waals surface area contributed by atoms with Gasteiger partial charge in [-0.2, -0.15) is 0 Å². The van der Waals surface area contributed by atoms with Gasteiger partial charge in [0.25, 0.3) is 0 Å². The van der Waals surface area contributed by atoms with Crippen molar-refractivity contribution in [3.63, 3.8) is 0 Å². The molecule has 0 N–H and O–H groups in total. The maximum atomic E-state index is 12.1. The van der Waals surface area contributed by atoms with Gasteiger partial charge < -0.3 is 4.74 Å². The molecular weight excluding hydrogens is 286 g/mol. The van der Waals surface area contributed by atoms with Crippen molar-refractivity contribution in [1.82, 2.24) is 4.90 Å². The lowest BCUT2D eigenvalue weighted by Gasteiger charge is -2.38. The van der Waals surface area contributed by atoms with Gasteiger partial charge >= 0.3 is 5.97 Å². The lowest BCUT2D eigenvalue weighted by molar-refractivity contribution is -0.148. The normalized spacial score (nSPS) is 39.0. The number of carbonyl (C=O) groups is 1. The summed E-state index contributed by atoms with van der Waals surface area (Å²) in [6.45, 7) is 1.13. The van der Waals surface area contributed by atoms with E-state index in [4.69, 9.17) is 4.74 Å². The average molecular weight is 309 g/mol. The molecular formula is C20H23NO2. The van der Waals surface area contributed by atoms with Crippen molar-refractivity contribution in [2.24, 2.45) is 5.92 Å². The Labute approximate surface area is 137 Å². The largest absolute Gasteiger partial charge is 0.449 e. The molecule has 23 heavy (non-hydrogen) atoms. The van der Waals surface area contributed by atoms with Gasteiger partial charge in [0.05, 0.1) is 6.04 Å². The minimum Gasteiger partial charge on any atom is -0.449 e. The Bertz CT molecular complexity index is 673. The standard InChI is InChI=1S/C20H23NO2/c22-19-12-17-15(9-8-14-5-1-2-6-14)11-16-13-20(17,23-19)18-7-3-4-10-21(16)18/h11-12,14,16,18H,1-7,10,13H2. The first kappa shape index (κ1) is 13.9. The third kappa shape index (κ3) is 1.97. The van der Waals surface area contributed by atoms with Gasteiger partial charge in [-0.25, -0.2) is 4.79 Å². The summed E-state index contributed by atoms with van der Waals surface area (Å²) in [4.78, 5) is 14.6. The Morgan fingerprint density at radius 2 is 2.00 bits per heavy atom. The molecule has 1 saturated carbocycles. The molecule has 0 aromatic carbocycles. The van der Waals surface area contributed by atoms with Crippen LogP contribution in [0.1, 0.15) is 51.4 Å². The highest BCUT2D eigenvalue weighted by atomic mass is 16.6. The summed E-state index contributed by atoms with van der Waals surface area (Å²) in [5.41, 5.74) is 1.77. The van der Waals surface area contributed by atoms with E-state index in [1.165, 1.54) is 38.5 Å². The summed E-state index contributed by atoms with van der Waals surface area (Å²) < 4.78 is 5.93. The molecule has 2 aliphatic carbocycles. The van der Waals surface area contributed by atoms with Crippen LogP contribution in [-0.2, 0) is 9.53 Å². The highest BCUT2D eigenvalue weighted by Gasteiger charge is 2.61. The molecule has 3 aliphatic heterocycles. The first-order valence-electron chi connectivity index (χ1n) is 9.21. The van der Waals surface area contributed by atoms with Crippen LogP contribution in [0.25, 0.3) is 0 Å². The van der Waals surface area contributed by atoms with Crippen molar-refractivity contribution < 1.29 is 9.53 Å². The van der Waals surface area contributed by atoms with Crippen LogP contribution >= 0.6 is 0 Å². The number of hydrogen-bond acceptors (Lipinski definition) is 3. The number of hydrogen-bond donors (Lipinski definition) is 0. The SMILES string of the molecule is O=C1C=C2C(C#CC3CCCC3)=CC3CC2(O1)C1CCCCN31.